The van der Waals surface area contributed by atoms with E-state index >= 15 is 0 Å². The number of carbonyl (C=O) groups is 2. The molecular weight excluding hydrogens is 300 g/mol. The van der Waals surface area contributed by atoms with E-state index in [1.54, 1.807) is 29.8 Å². The minimum atomic E-state index is -4.14. The van der Waals surface area contributed by atoms with Gasteiger partial charge in [0.05, 0.1) is 12.3 Å². The first-order chi connectivity index (χ1) is 9.84. The lowest BCUT2D eigenvalue weighted by molar-refractivity contribution is -0.152. The van der Waals surface area contributed by atoms with Crippen molar-refractivity contribution in [1.82, 2.24) is 4.72 Å². The second-order valence-corrected chi connectivity index (χ2v) is 5.29. The van der Waals surface area contributed by atoms with Gasteiger partial charge in [-0.2, -0.15) is 8.42 Å². The molecule has 0 heterocycles. The first-order valence-corrected chi connectivity index (χ1v) is 7.55. The van der Waals surface area contributed by atoms with E-state index in [1.807, 2.05) is 0 Å². The maximum Gasteiger partial charge on any atom is 0.423 e. The second-order valence-electron chi connectivity index (χ2n) is 3.87. The first kappa shape index (κ1) is 16.8. The Kier molecular flexibility index (Phi) is 5.97. The Morgan fingerprint density at radius 1 is 1.24 bits per heavy atom. The summed E-state index contributed by atoms with van der Waals surface area (Å²) in [5.74, 6) is -0.763. The predicted octanol–water partition coefficient (Wildman–Crippen LogP) is 1.02. The Bertz CT molecular complexity index is 587. The predicted molar refractivity (Wildman–Crippen MR) is 74.7 cm³/mol. The molecule has 0 aliphatic carbocycles. The minimum absolute atomic E-state index is 0.127. The van der Waals surface area contributed by atoms with E-state index in [4.69, 9.17) is 0 Å². The summed E-state index contributed by atoms with van der Waals surface area (Å²) in [5, 5.41) is 0. The molecule has 0 saturated carbocycles. The molecule has 0 saturated heterocycles. The zero-order chi connectivity index (χ0) is 15.9. The normalized spacial score (nSPS) is 12.1. The zero-order valence-corrected chi connectivity index (χ0v) is 12.3. The number of rotatable bonds is 6. The monoisotopic (exact) mass is 316 g/mol. The van der Waals surface area contributed by atoms with Crippen LogP contribution in [0.25, 0.3) is 0 Å². The van der Waals surface area contributed by atoms with Crippen molar-refractivity contribution in [2.75, 3.05) is 11.3 Å². The molecule has 0 fully saturated rings. The molecule has 0 radical (unpaired) electrons. The molecule has 1 rings (SSSR count). The Morgan fingerprint density at radius 3 is 2.43 bits per heavy atom. The number of para-hydroxylation sites is 1. The highest BCUT2D eigenvalue weighted by Crippen LogP contribution is 2.06. The SMILES string of the molecule is CCOC(=O)[C@H](C)OC(=O)NS(=O)(=O)Nc1ccccc1. The average molecular weight is 316 g/mol. The van der Waals surface area contributed by atoms with E-state index in [1.165, 1.54) is 19.1 Å². The van der Waals surface area contributed by atoms with Crippen molar-refractivity contribution in [2.24, 2.45) is 0 Å². The number of benzene rings is 1. The Morgan fingerprint density at radius 2 is 1.86 bits per heavy atom. The van der Waals surface area contributed by atoms with Crippen molar-refractivity contribution in [3.05, 3.63) is 30.3 Å². The Balaban J connectivity index is 2.55. The van der Waals surface area contributed by atoms with E-state index in [2.05, 4.69) is 14.2 Å². The van der Waals surface area contributed by atoms with Gasteiger partial charge in [-0.15, -0.1) is 0 Å². The zero-order valence-electron chi connectivity index (χ0n) is 11.5. The summed E-state index contributed by atoms with van der Waals surface area (Å²) in [7, 11) is -4.14. The van der Waals surface area contributed by atoms with Gasteiger partial charge in [0.15, 0.2) is 6.10 Å². The van der Waals surface area contributed by atoms with Gasteiger partial charge in [-0.3, -0.25) is 4.72 Å². The van der Waals surface area contributed by atoms with Crippen LogP contribution < -0.4 is 9.44 Å². The summed E-state index contributed by atoms with van der Waals surface area (Å²) in [6.45, 7) is 3.00. The summed E-state index contributed by atoms with van der Waals surface area (Å²) >= 11 is 0. The molecule has 9 heteroatoms. The summed E-state index contributed by atoms with van der Waals surface area (Å²) in [4.78, 5) is 22.7. The Labute approximate surface area is 122 Å². The summed E-state index contributed by atoms with van der Waals surface area (Å²) in [5.41, 5.74) is 0.274. The van der Waals surface area contributed by atoms with E-state index in [0.29, 0.717) is 0 Å². The highest BCUT2D eigenvalue weighted by Gasteiger charge is 2.22. The lowest BCUT2D eigenvalue weighted by Crippen LogP contribution is -2.39. The fourth-order valence-electron chi connectivity index (χ4n) is 1.29. The number of amides is 1. The van der Waals surface area contributed by atoms with Gasteiger partial charge in [-0.25, -0.2) is 14.3 Å². The number of carbonyl (C=O) groups excluding carboxylic acids is 2. The number of nitrogens with one attached hydrogen (secondary N) is 2. The number of anilines is 1. The highest BCUT2D eigenvalue weighted by molar-refractivity contribution is 7.91. The van der Waals surface area contributed by atoms with Crippen LogP contribution in [-0.4, -0.2) is 33.2 Å². The molecule has 0 unspecified atom stereocenters. The van der Waals surface area contributed by atoms with Gasteiger partial charge in [-0.1, -0.05) is 18.2 Å². The fourth-order valence-corrected chi connectivity index (χ4v) is 2.05. The lowest BCUT2D eigenvalue weighted by Gasteiger charge is -2.13. The number of hydrogen-bond donors (Lipinski definition) is 2. The maximum atomic E-state index is 11.6. The average Bonchev–Trinajstić information content (AvgIpc) is 2.38. The van der Waals surface area contributed by atoms with Crippen LogP contribution in [0.2, 0.25) is 0 Å². The third-order valence-electron chi connectivity index (χ3n) is 2.15. The van der Waals surface area contributed by atoms with Crippen molar-refractivity contribution in [3.63, 3.8) is 0 Å². The maximum absolute atomic E-state index is 11.6. The third kappa shape index (κ3) is 6.13. The van der Waals surface area contributed by atoms with Crippen molar-refractivity contribution in [3.8, 4) is 0 Å². The topological polar surface area (TPSA) is 111 Å². The molecule has 0 aromatic heterocycles. The molecule has 1 amide bonds. The van der Waals surface area contributed by atoms with Crippen LogP contribution >= 0.6 is 0 Å². The van der Waals surface area contributed by atoms with Crippen LogP contribution in [0.5, 0.6) is 0 Å². The minimum Gasteiger partial charge on any atom is -0.463 e. The first-order valence-electron chi connectivity index (χ1n) is 6.07. The largest absolute Gasteiger partial charge is 0.463 e. The van der Waals surface area contributed by atoms with Gasteiger partial charge in [0, 0.05) is 0 Å². The Hall–Kier alpha value is -2.29. The van der Waals surface area contributed by atoms with Gasteiger partial charge in [0.25, 0.3) is 0 Å². The molecule has 8 nitrogen and oxygen atoms in total. The molecule has 0 bridgehead atoms. The van der Waals surface area contributed by atoms with Crippen molar-refractivity contribution < 1.29 is 27.5 Å². The van der Waals surface area contributed by atoms with Crippen molar-refractivity contribution in [1.29, 1.82) is 0 Å². The molecule has 0 aliphatic rings. The van der Waals surface area contributed by atoms with Gasteiger partial charge in [0.2, 0.25) is 0 Å². The number of ether oxygens (including phenoxy) is 2. The molecule has 21 heavy (non-hydrogen) atoms. The summed E-state index contributed by atoms with van der Waals surface area (Å²) < 4.78 is 36.3. The standard InChI is InChI=1S/C12H16N2O6S/c1-3-19-11(15)9(2)20-12(16)14-21(17,18)13-10-7-5-4-6-8-10/h4-9,13H,3H2,1-2H3,(H,14,16)/t9-/m0/s1. The van der Waals surface area contributed by atoms with Crippen LogP contribution in [0.3, 0.4) is 0 Å². The fraction of sp³-hybridized carbons (Fsp3) is 0.333. The quantitative estimate of drug-likeness (QED) is 0.758. The molecule has 116 valence electrons. The molecule has 1 atom stereocenters. The molecule has 0 aliphatic heterocycles. The van der Waals surface area contributed by atoms with Crippen LogP contribution in [0.4, 0.5) is 10.5 Å². The van der Waals surface area contributed by atoms with Gasteiger partial charge < -0.3 is 9.47 Å². The van der Waals surface area contributed by atoms with Crippen LogP contribution in [0.1, 0.15) is 13.8 Å². The molecule has 0 spiro atoms. The van der Waals surface area contributed by atoms with Crippen LogP contribution in [0.15, 0.2) is 30.3 Å². The van der Waals surface area contributed by atoms with E-state index in [9.17, 15) is 18.0 Å². The van der Waals surface area contributed by atoms with Crippen LogP contribution in [0, 0.1) is 0 Å². The van der Waals surface area contributed by atoms with E-state index in [-0.39, 0.29) is 12.3 Å². The van der Waals surface area contributed by atoms with Gasteiger partial charge in [-0.05, 0) is 26.0 Å². The van der Waals surface area contributed by atoms with E-state index in [0.717, 1.165) is 0 Å². The van der Waals surface area contributed by atoms with Crippen molar-refractivity contribution >= 4 is 28.0 Å². The third-order valence-corrected chi connectivity index (χ3v) is 3.09. The number of esters is 1. The van der Waals surface area contributed by atoms with Gasteiger partial charge in [0.1, 0.15) is 0 Å². The summed E-state index contributed by atoms with van der Waals surface area (Å²) in [6, 6.07) is 7.97. The van der Waals surface area contributed by atoms with Crippen molar-refractivity contribution in [2.45, 2.75) is 20.0 Å². The summed E-state index contributed by atoms with van der Waals surface area (Å²) in [6.07, 6.45) is -2.49. The van der Waals surface area contributed by atoms with Crippen LogP contribution in [-0.2, 0) is 24.5 Å². The number of hydrogen-bond acceptors (Lipinski definition) is 6. The smallest absolute Gasteiger partial charge is 0.423 e. The lowest BCUT2D eigenvalue weighted by atomic mass is 10.3. The molecular formula is C12H16N2O6S. The molecule has 1 aromatic carbocycles. The van der Waals surface area contributed by atoms with E-state index < -0.39 is 28.4 Å². The highest BCUT2D eigenvalue weighted by atomic mass is 32.2. The second kappa shape index (κ2) is 7.48. The van der Waals surface area contributed by atoms with Gasteiger partial charge >= 0.3 is 22.3 Å². The molecule has 2 N–H and O–H groups in total. The molecule has 1 aromatic rings.